The number of para-hydroxylation sites is 1. The van der Waals surface area contributed by atoms with Crippen LogP contribution in [0.2, 0.25) is 0 Å². The van der Waals surface area contributed by atoms with E-state index in [9.17, 15) is 14.4 Å². The Kier molecular flexibility index (Phi) is 6.82. The molecule has 3 aromatic heterocycles. The fraction of sp³-hybridized carbons (Fsp3) is 0.138. The van der Waals surface area contributed by atoms with Crippen LogP contribution in [0.1, 0.15) is 33.2 Å². The number of aromatic nitrogens is 3. The summed E-state index contributed by atoms with van der Waals surface area (Å²) in [6.07, 6.45) is 1.61. The summed E-state index contributed by atoms with van der Waals surface area (Å²) in [5.74, 6) is -0.983. The SMILES string of the molecule is CCOC(=O)c1cc2c(=O)n3ccccc3nc2n(Cc2ccccc2)c1=NC(=O)c1ccccc1OC. The van der Waals surface area contributed by atoms with Gasteiger partial charge in [0, 0.05) is 6.20 Å². The summed E-state index contributed by atoms with van der Waals surface area (Å²) >= 11 is 0. The Balaban J connectivity index is 1.90. The zero-order valence-corrected chi connectivity index (χ0v) is 20.8. The van der Waals surface area contributed by atoms with Gasteiger partial charge in [-0.25, -0.2) is 9.78 Å². The molecule has 9 nitrogen and oxygen atoms in total. The van der Waals surface area contributed by atoms with Crippen LogP contribution in [0, 0.1) is 0 Å². The van der Waals surface area contributed by atoms with Crippen LogP contribution in [0.15, 0.2) is 94.8 Å². The minimum Gasteiger partial charge on any atom is -0.496 e. The van der Waals surface area contributed by atoms with Gasteiger partial charge in [-0.1, -0.05) is 48.5 Å². The lowest BCUT2D eigenvalue weighted by atomic mass is 10.1. The quantitative estimate of drug-likeness (QED) is 0.256. The Labute approximate surface area is 217 Å². The van der Waals surface area contributed by atoms with Gasteiger partial charge in [0.15, 0.2) is 5.49 Å². The highest BCUT2D eigenvalue weighted by Crippen LogP contribution is 2.19. The number of rotatable bonds is 6. The standard InChI is InChI=1S/C29H24N4O5/c1-3-38-29(36)22-17-21-25(30-24-15-9-10-16-32(24)28(21)35)33(18-19-11-5-4-6-12-19)26(22)31-27(34)20-13-7-8-14-23(20)37-2/h4-17H,3,18H2,1-2H3. The fourth-order valence-corrected chi connectivity index (χ4v) is 4.25. The van der Waals surface area contributed by atoms with Gasteiger partial charge in [-0.05, 0) is 42.8 Å². The van der Waals surface area contributed by atoms with Gasteiger partial charge in [0.05, 0.1) is 31.2 Å². The third-order valence-electron chi connectivity index (χ3n) is 6.01. The molecule has 38 heavy (non-hydrogen) atoms. The first kappa shape index (κ1) is 24.6. The van der Waals surface area contributed by atoms with E-state index in [1.807, 2.05) is 30.3 Å². The first-order chi connectivity index (χ1) is 18.5. The number of hydrogen-bond donors (Lipinski definition) is 0. The van der Waals surface area contributed by atoms with E-state index in [1.54, 1.807) is 60.2 Å². The van der Waals surface area contributed by atoms with Gasteiger partial charge in [0.2, 0.25) is 0 Å². The first-order valence-corrected chi connectivity index (χ1v) is 12.0. The number of benzene rings is 2. The highest BCUT2D eigenvalue weighted by Gasteiger charge is 2.21. The number of pyridine rings is 2. The molecule has 0 radical (unpaired) electrons. The second-order valence-electron chi connectivity index (χ2n) is 8.37. The molecule has 0 fully saturated rings. The molecule has 0 spiro atoms. The molecule has 190 valence electrons. The Bertz CT molecular complexity index is 1810. The topological polar surface area (TPSA) is 104 Å². The number of methoxy groups -OCH3 is 1. The van der Waals surface area contributed by atoms with E-state index in [1.165, 1.54) is 17.6 Å². The summed E-state index contributed by atoms with van der Waals surface area (Å²) < 4.78 is 13.7. The summed E-state index contributed by atoms with van der Waals surface area (Å²) in [6.45, 7) is 1.97. The van der Waals surface area contributed by atoms with E-state index in [2.05, 4.69) is 4.99 Å². The monoisotopic (exact) mass is 508 g/mol. The average Bonchev–Trinajstić information content (AvgIpc) is 2.95. The maximum atomic E-state index is 13.5. The minimum absolute atomic E-state index is 0.0201. The van der Waals surface area contributed by atoms with Crippen LogP contribution >= 0.6 is 0 Å². The van der Waals surface area contributed by atoms with Crippen molar-refractivity contribution >= 4 is 28.6 Å². The van der Waals surface area contributed by atoms with Crippen molar-refractivity contribution in [1.82, 2.24) is 14.0 Å². The lowest BCUT2D eigenvalue weighted by Crippen LogP contribution is -2.33. The van der Waals surface area contributed by atoms with Crippen molar-refractivity contribution in [2.24, 2.45) is 4.99 Å². The van der Waals surface area contributed by atoms with Gasteiger partial charge >= 0.3 is 5.97 Å². The van der Waals surface area contributed by atoms with Crippen molar-refractivity contribution in [3.8, 4) is 5.75 Å². The summed E-state index contributed by atoms with van der Waals surface area (Å²) in [6, 6.07) is 22.7. The predicted octanol–water partition coefficient (Wildman–Crippen LogP) is 3.62. The number of ether oxygens (including phenoxy) is 2. The fourth-order valence-electron chi connectivity index (χ4n) is 4.25. The second kappa shape index (κ2) is 10.5. The van der Waals surface area contributed by atoms with Gasteiger partial charge in [-0.15, -0.1) is 0 Å². The Morgan fingerprint density at radius 3 is 2.45 bits per heavy atom. The highest BCUT2D eigenvalue weighted by molar-refractivity contribution is 5.99. The molecule has 5 aromatic rings. The third kappa shape index (κ3) is 4.57. The largest absolute Gasteiger partial charge is 0.496 e. The number of amides is 1. The first-order valence-electron chi connectivity index (χ1n) is 12.0. The molecule has 9 heteroatoms. The van der Waals surface area contributed by atoms with Gasteiger partial charge in [-0.3, -0.25) is 14.0 Å². The molecule has 3 heterocycles. The molecule has 0 N–H and O–H groups in total. The summed E-state index contributed by atoms with van der Waals surface area (Å²) in [7, 11) is 1.46. The van der Waals surface area contributed by atoms with Crippen LogP contribution in [-0.2, 0) is 11.3 Å². The lowest BCUT2D eigenvalue weighted by molar-refractivity contribution is 0.0523. The molecule has 5 rings (SSSR count). The molecule has 0 aliphatic heterocycles. The van der Waals surface area contributed by atoms with Crippen molar-refractivity contribution in [1.29, 1.82) is 0 Å². The zero-order chi connectivity index (χ0) is 26.6. The zero-order valence-electron chi connectivity index (χ0n) is 20.8. The number of carbonyl (C=O) groups is 2. The van der Waals surface area contributed by atoms with E-state index in [-0.39, 0.29) is 46.4 Å². The maximum Gasteiger partial charge on any atom is 0.341 e. The molecule has 0 atom stereocenters. The molecule has 0 aliphatic rings. The number of nitrogens with zero attached hydrogens (tertiary/aromatic N) is 4. The van der Waals surface area contributed by atoms with Crippen LogP contribution in [0.4, 0.5) is 0 Å². The molecule has 0 saturated heterocycles. The molecule has 0 aliphatic carbocycles. The number of fused-ring (bicyclic) bond motifs is 2. The van der Waals surface area contributed by atoms with Crippen LogP contribution < -0.4 is 15.8 Å². The smallest absolute Gasteiger partial charge is 0.341 e. The van der Waals surface area contributed by atoms with Crippen LogP contribution in [0.3, 0.4) is 0 Å². The van der Waals surface area contributed by atoms with Gasteiger partial charge in [-0.2, -0.15) is 4.99 Å². The molecule has 1 amide bonds. The maximum absolute atomic E-state index is 13.5. The van der Waals surface area contributed by atoms with Gasteiger partial charge in [0.25, 0.3) is 11.5 Å². The van der Waals surface area contributed by atoms with E-state index in [4.69, 9.17) is 14.5 Å². The Morgan fingerprint density at radius 2 is 1.68 bits per heavy atom. The third-order valence-corrected chi connectivity index (χ3v) is 6.01. The van der Waals surface area contributed by atoms with E-state index < -0.39 is 11.9 Å². The highest BCUT2D eigenvalue weighted by atomic mass is 16.5. The van der Waals surface area contributed by atoms with Gasteiger partial charge in [0.1, 0.15) is 22.6 Å². The van der Waals surface area contributed by atoms with Gasteiger partial charge < -0.3 is 14.0 Å². The lowest BCUT2D eigenvalue weighted by Gasteiger charge is -2.15. The number of hydrogen-bond acceptors (Lipinski definition) is 6. The van der Waals surface area contributed by atoms with Crippen molar-refractivity contribution in [3.63, 3.8) is 0 Å². The minimum atomic E-state index is -0.708. The number of carbonyl (C=O) groups excluding carboxylic acids is 2. The Morgan fingerprint density at radius 1 is 0.947 bits per heavy atom. The van der Waals surface area contributed by atoms with Crippen molar-refractivity contribution < 1.29 is 19.1 Å². The molecular formula is C29H24N4O5. The summed E-state index contributed by atoms with van der Waals surface area (Å²) in [5.41, 5.74) is 1.43. The summed E-state index contributed by atoms with van der Waals surface area (Å²) in [5, 5.41) is 0.191. The number of esters is 1. The van der Waals surface area contributed by atoms with Crippen LogP contribution in [0.5, 0.6) is 5.75 Å². The molecule has 0 saturated carbocycles. The van der Waals surface area contributed by atoms with E-state index in [0.29, 0.717) is 11.4 Å². The van der Waals surface area contributed by atoms with Crippen LogP contribution in [-0.4, -0.2) is 39.5 Å². The Hall–Kier alpha value is -5.05. The van der Waals surface area contributed by atoms with E-state index in [0.717, 1.165) is 5.56 Å². The van der Waals surface area contributed by atoms with E-state index >= 15 is 0 Å². The molecular weight excluding hydrogens is 484 g/mol. The van der Waals surface area contributed by atoms with Crippen molar-refractivity contribution in [3.05, 3.63) is 118 Å². The van der Waals surface area contributed by atoms with Crippen LogP contribution in [0.25, 0.3) is 16.7 Å². The molecule has 0 bridgehead atoms. The normalized spacial score (nSPS) is 11.6. The average molecular weight is 509 g/mol. The molecule has 2 aromatic carbocycles. The van der Waals surface area contributed by atoms with Crippen molar-refractivity contribution in [2.45, 2.75) is 13.5 Å². The summed E-state index contributed by atoms with van der Waals surface area (Å²) in [4.78, 5) is 49.2. The second-order valence-corrected chi connectivity index (χ2v) is 8.37. The predicted molar refractivity (Wildman–Crippen MR) is 141 cm³/mol. The molecule has 0 unspecified atom stereocenters. The van der Waals surface area contributed by atoms with Crippen molar-refractivity contribution in [2.75, 3.05) is 13.7 Å².